The van der Waals surface area contributed by atoms with Crippen LogP contribution < -0.4 is 5.32 Å². The molecule has 6 heteroatoms. The Morgan fingerprint density at radius 1 is 1.44 bits per heavy atom. The van der Waals surface area contributed by atoms with Crippen LogP contribution in [0.5, 0.6) is 0 Å². The molecule has 2 N–H and O–H groups in total. The lowest BCUT2D eigenvalue weighted by Gasteiger charge is -2.03. The lowest BCUT2D eigenvalue weighted by molar-refractivity contribution is 0.0944. The Morgan fingerprint density at radius 3 is 2.83 bits per heavy atom. The van der Waals surface area contributed by atoms with E-state index in [1.165, 1.54) is 17.5 Å². The van der Waals surface area contributed by atoms with Gasteiger partial charge in [-0.1, -0.05) is 0 Å². The highest BCUT2D eigenvalue weighted by Gasteiger charge is 2.08. The molecule has 0 bridgehead atoms. The number of nitrogens with zero attached hydrogens (tertiary/aromatic N) is 2. The number of nitrogens with one attached hydrogen (secondary N) is 1. The first-order chi connectivity index (χ1) is 8.72. The maximum Gasteiger partial charge on any atom is 0.252 e. The van der Waals surface area contributed by atoms with Gasteiger partial charge in [0.15, 0.2) is 0 Å². The van der Waals surface area contributed by atoms with Crippen LogP contribution in [-0.2, 0) is 0 Å². The third-order valence-electron chi connectivity index (χ3n) is 2.40. The number of aliphatic hydroxyl groups is 1. The normalized spacial score (nSPS) is 10.3. The summed E-state index contributed by atoms with van der Waals surface area (Å²) in [5, 5.41) is 11.2. The number of amides is 1. The Bertz CT molecular complexity index is 537. The average molecular weight is 263 g/mol. The molecule has 0 saturated heterocycles. The average Bonchev–Trinajstić information content (AvgIpc) is 2.82. The lowest BCUT2D eigenvalue weighted by Crippen LogP contribution is -2.26. The minimum Gasteiger partial charge on any atom is -0.395 e. The largest absolute Gasteiger partial charge is 0.395 e. The maximum absolute atomic E-state index is 11.6. The van der Waals surface area contributed by atoms with Gasteiger partial charge in [-0.2, -0.15) is 0 Å². The summed E-state index contributed by atoms with van der Waals surface area (Å²) >= 11 is 1.52. The van der Waals surface area contributed by atoms with E-state index >= 15 is 0 Å². The Labute approximate surface area is 109 Å². The van der Waals surface area contributed by atoms with Crippen LogP contribution in [0, 0.1) is 6.92 Å². The zero-order valence-corrected chi connectivity index (χ0v) is 10.7. The summed E-state index contributed by atoms with van der Waals surface area (Å²) in [5.74, 6) is -0.232. The van der Waals surface area contributed by atoms with Crippen molar-refractivity contribution in [2.24, 2.45) is 0 Å². The van der Waals surface area contributed by atoms with Gasteiger partial charge in [-0.05, 0) is 19.1 Å². The van der Waals surface area contributed by atoms with E-state index in [0.717, 1.165) is 16.3 Å². The van der Waals surface area contributed by atoms with Gasteiger partial charge in [-0.25, -0.2) is 4.98 Å². The second kappa shape index (κ2) is 5.70. The van der Waals surface area contributed by atoms with Crippen LogP contribution in [0.15, 0.2) is 23.8 Å². The van der Waals surface area contributed by atoms with Crippen molar-refractivity contribution in [3.8, 4) is 10.6 Å². The van der Waals surface area contributed by atoms with Crippen molar-refractivity contribution in [2.45, 2.75) is 6.92 Å². The number of pyridine rings is 1. The van der Waals surface area contributed by atoms with Crippen molar-refractivity contribution in [3.05, 3.63) is 35.1 Å². The second-order valence-corrected chi connectivity index (χ2v) is 4.53. The van der Waals surface area contributed by atoms with Crippen LogP contribution in [-0.4, -0.2) is 34.1 Å². The third kappa shape index (κ3) is 2.72. The lowest BCUT2D eigenvalue weighted by atomic mass is 10.2. The molecule has 0 radical (unpaired) electrons. The van der Waals surface area contributed by atoms with E-state index in [9.17, 15) is 4.79 Å². The summed E-state index contributed by atoms with van der Waals surface area (Å²) in [6.45, 7) is 2.10. The van der Waals surface area contributed by atoms with Gasteiger partial charge in [0.1, 0.15) is 0 Å². The first-order valence-electron chi connectivity index (χ1n) is 5.48. The van der Waals surface area contributed by atoms with Gasteiger partial charge in [-0.3, -0.25) is 9.78 Å². The molecule has 0 aromatic carbocycles. The number of carbonyl (C=O) groups excluding carboxylic acids is 1. The summed E-state index contributed by atoms with van der Waals surface area (Å²) in [7, 11) is 0. The molecule has 94 valence electrons. The molecule has 2 rings (SSSR count). The number of carbonyl (C=O) groups is 1. The predicted molar refractivity (Wildman–Crippen MR) is 69.5 cm³/mol. The summed E-state index contributed by atoms with van der Waals surface area (Å²) in [4.78, 5) is 21.0. The highest BCUT2D eigenvalue weighted by atomic mass is 32.1. The number of aliphatic hydroxyl groups excluding tert-OH is 1. The van der Waals surface area contributed by atoms with Gasteiger partial charge < -0.3 is 10.4 Å². The minimum absolute atomic E-state index is 0.0721. The molecule has 2 heterocycles. The number of hydrogen-bond donors (Lipinski definition) is 2. The number of hydrogen-bond acceptors (Lipinski definition) is 5. The topological polar surface area (TPSA) is 75.1 Å². The van der Waals surface area contributed by atoms with Crippen LogP contribution in [0.1, 0.15) is 16.1 Å². The van der Waals surface area contributed by atoms with Crippen molar-refractivity contribution in [1.82, 2.24) is 15.3 Å². The summed E-state index contributed by atoms with van der Waals surface area (Å²) in [6, 6.07) is 3.52. The monoisotopic (exact) mass is 263 g/mol. The zero-order chi connectivity index (χ0) is 13.0. The van der Waals surface area contributed by atoms with E-state index in [1.54, 1.807) is 17.6 Å². The molecule has 1 amide bonds. The second-order valence-electron chi connectivity index (χ2n) is 3.68. The SMILES string of the molecule is Cc1ncsc1-c1ccc(C(=O)NCCO)cn1. The summed E-state index contributed by atoms with van der Waals surface area (Å²) < 4.78 is 0. The Kier molecular flexibility index (Phi) is 4.01. The van der Waals surface area contributed by atoms with Gasteiger partial charge >= 0.3 is 0 Å². The molecule has 0 aliphatic carbocycles. The number of aryl methyl sites for hydroxylation is 1. The molecular formula is C12H13N3O2S. The van der Waals surface area contributed by atoms with E-state index in [-0.39, 0.29) is 19.1 Å². The van der Waals surface area contributed by atoms with Crippen molar-refractivity contribution in [2.75, 3.05) is 13.2 Å². The molecule has 0 atom stereocenters. The van der Waals surface area contributed by atoms with Crippen LogP contribution in [0.3, 0.4) is 0 Å². The van der Waals surface area contributed by atoms with E-state index in [4.69, 9.17) is 5.11 Å². The first-order valence-corrected chi connectivity index (χ1v) is 6.36. The van der Waals surface area contributed by atoms with Crippen molar-refractivity contribution in [1.29, 1.82) is 0 Å². The van der Waals surface area contributed by atoms with Gasteiger partial charge in [0.2, 0.25) is 0 Å². The van der Waals surface area contributed by atoms with E-state index in [0.29, 0.717) is 5.56 Å². The predicted octanol–water partition coefficient (Wildman–Crippen LogP) is 1.24. The van der Waals surface area contributed by atoms with E-state index < -0.39 is 0 Å². The fraction of sp³-hybridized carbons (Fsp3) is 0.250. The van der Waals surface area contributed by atoms with Crippen molar-refractivity contribution in [3.63, 3.8) is 0 Å². The third-order valence-corrected chi connectivity index (χ3v) is 3.35. The summed E-state index contributed by atoms with van der Waals surface area (Å²) in [6.07, 6.45) is 1.53. The molecule has 0 spiro atoms. The van der Waals surface area contributed by atoms with Crippen LogP contribution in [0.25, 0.3) is 10.6 Å². The molecule has 2 aromatic heterocycles. The number of thiazole rings is 1. The van der Waals surface area contributed by atoms with Gasteiger partial charge in [-0.15, -0.1) is 11.3 Å². The van der Waals surface area contributed by atoms with E-state index in [2.05, 4.69) is 15.3 Å². The van der Waals surface area contributed by atoms with Crippen molar-refractivity contribution >= 4 is 17.2 Å². The quantitative estimate of drug-likeness (QED) is 0.870. The van der Waals surface area contributed by atoms with E-state index in [1.807, 2.05) is 6.92 Å². The fourth-order valence-corrected chi connectivity index (χ4v) is 2.26. The highest BCUT2D eigenvalue weighted by Crippen LogP contribution is 2.24. The molecule has 0 aliphatic heterocycles. The number of aromatic nitrogens is 2. The minimum atomic E-state index is -0.232. The molecule has 18 heavy (non-hydrogen) atoms. The molecule has 0 unspecified atom stereocenters. The standard InChI is InChI=1S/C12H13N3O2S/c1-8-11(18-7-15-8)10-3-2-9(6-14-10)12(17)13-4-5-16/h2-3,6-7,16H,4-5H2,1H3,(H,13,17). The van der Waals surface area contributed by atoms with Gasteiger partial charge in [0.25, 0.3) is 5.91 Å². The molecule has 0 aliphatic rings. The summed E-state index contributed by atoms with van der Waals surface area (Å²) in [5.41, 5.74) is 4.00. The van der Waals surface area contributed by atoms with Crippen LogP contribution in [0.2, 0.25) is 0 Å². The molecule has 5 nitrogen and oxygen atoms in total. The van der Waals surface area contributed by atoms with Crippen molar-refractivity contribution < 1.29 is 9.90 Å². The van der Waals surface area contributed by atoms with Gasteiger partial charge in [0.05, 0.1) is 33.9 Å². The Hall–Kier alpha value is -1.79. The van der Waals surface area contributed by atoms with Crippen LogP contribution >= 0.6 is 11.3 Å². The number of rotatable bonds is 4. The smallest absolute Gasteiger partial charge is 0.252 e. The van der Waals surface area contributed by atoms with Gasteiger partial charge in [0, 0.05) is 12.7 Å². The molecule has 2 aromatic rings. The first kappa shape index (κ1) is 12.7. The Balaban J connectivity index is 2.15. The Morgan fingerprint density at radius 2 is 2.28 bits per heavy atom. The zero-order valence-electron chi connectivity index (χ0n) is 9.88. The maximum atomic E-state index is 11.6. The highest BCUT2D eigenvalue weighted by molar-refractivity contribution is 7.13. The molecule has 0 saturated carbocycles. The fourth-order valence-electron chi connectivity index (χ4n) is 1.48. The molecular weight excluding hydrogens is 250 g/mol. The molecule has 0 fully saturated rings. The van der Waals surface area contributed by atoms with Crippen LogP contribution in [0.4, 0.5) is 0 Å².